The van der Waals surface area contributed by atoms with Crippen LogP contribution < -0.4 is 11.1 Å². The summed E-state index contributed by atoms with van der Waals surface area (Å²) in [6.45, 7) is 6.63. The normalized spacial score (nSPS) is 12.2. The van der Waals surface area contributed by atoms with Crippen molar-refractivity contribution in [1.29, 1.82) is 0 Å². The van der Waals surface area contributed by atoms with Crippen molar-refractivity contribution in [2.75, 3.05) is 17.6 Å². The number of carbonyl (C=O) groups is 1. The van der Waals surface area contributed by atoms with E-state index in [1.807, 2.05) is 26.0 Å². The van der Waals surface area contributed by atoms with Gasteiger partial charge in [0.2, 0.25) is 5.91 Å². The molecule has 1 unspecified atom stereocenters. The Kier molecular flexibility index (Phi) is 6.22. The molecule has 1 amide bonds. The number of carbonyl (C=O) groups excluding carboxylic acids is 1. The van der Waals surface area contributed by atoms with Crippen molar-refractivity contribution < 1.29 is 4.79 Å². The molecule has 4 heteroatoms. The number of thioether (sulfide) groups is 1. The number of aryl methyl sites for hydroxylation is 2. The quantitative estimate of drug-likeness (QED) is 0.832. The summed E-state index contributed by atoms with van der Waals surface area (Å²) in [5.41, 5.74) is 8.70. The van der Waals surface area contributed by atoms with Crippen molar-refractivity contribution in [1.82, 2.24) is 0 Å². The van der Waals surface area contributed by atoms with Gasteiger partial charge in [-0.1, -0.05) is 25.1 Å². The lowest BCUT2D eigenvalue weighted by Gasteiger charge is -2.16. The second-order valence-electron chi connectivity index (χ2n) is 4.25. The zero-order valence-corrected chi connectivity index (χ0v) is 12.1. The molecule has 0 heterocycles. The summed E-state index contributed by atoms with van der Waals surface area (Å²) in [6.07, 6.45) is 0.918. The molecule has 0 aromatic heterocycles. The fourth-order valence-corrected chi connectivity index (χ4v) is 2.45. The van der Waals surface area contributed by atoms with Gasteiger partial charge < -0.3 is 11.1 Å². The van der Waals surface area contributed by atoms with E-state index in [2.05, 4.69) is 18.3 Å². The first-order chi connectivity index (χ1) is 8.60. The van der Waals surface area contributed by atoms with Crippen LogP contribution in [0.2, 0.25) is 0 Å². The van der Waals surface area contributed by atoms with Crippen molar-refractivity contribution in [2.24, 2.45) is 5.73 Å². The number of benzene rings is 1. The molecule has 0 bridgehead atoms. The summed E-state index contributed by atoms with van der Waals surface area (Å²) in [6, 6.07) is 6.10. The summed E-state index contributed by atoms with van der Waals surface area (Å²) in [4.78, 5) is 12.1. The van der Waals surface area contributed by atoms with Crippen molar-refractivity contribution in [3.63, 3.8) is 0 Å². The third-order valence-corrected chi connectivity index (χ3v) is 4.03. The van der Waals surface area contributed by atoms with Gasteiger partial charge in [-0.15, -0.1) is 11.8 Å². The number of hydrogen-bond acceptors (Lipinski definition) is 3. The van der Waals surface area contributed by atoms with Gasteiger partial charge >= 0.3 is 0 Å². The first-order valence-corrected chi connectivity index (χ1v) is 7.36. The van der Waals surface area contributed by atoms with E-state index in [4.69, 9.17) is 5.73 Å². The van der Waals surface area contributed by atoms with Crippen LogP contribution in [0.3, 0.4) is 0 Å². The molecule has 0 saturated heterocycles. The van der Waals surface area contributed by atoms with Crippen LogP contribution >= 0.6 is 11.8 Å². The number of anilines is 1. The summed E-state index contributed by atoms with van der Waals surface area (Å²) in [5.74, 6) is 0.862. The molecule has 0 radical (unpaired) electrons. The number of hydrogen-bond donors (Lipinski definition) is 2. The minimum absolute atomic E-state index is 0.0532. The molecule has 3 N–H and O–H groups in total. The van der Waals surface area contributed by atoms with E-state index in [0.29, 0.717) is 6.54 Å². The maximum atomic E-state index is 12.1. The smallest absolute Gasteiger partial charge is 0.237 e. The SMILES string of the molecule is CCc1cccc(C)c1NC(=O)C(C)SCCN. The zero-order chi connectivity index (χ0) is 13.5. The molecule has 0 saturated carbocycles. The van der Waals surface area contributed by atoms with Crippen LogP contribution in [0.5, 0.6) is 0 Å². The second-order valence-corrected chi connectivity index (χ2v) is 5.70. The molecule has 1 rings (SSSR count). The highest BCUT2D eigenvalue weighted by molar-refractivity contribution is 8.00. The van der Waals surface area contributed by atoms with Gasteiger partial charge in [-0.2, -0.15) is 0 Å². The summed E-state index contributed by atoms with van der Waals surface area (Å²) < 4.78 is 0. The molecule has 100 valence electrons. The predicted octanol–water partition coefficient (Wildman–Crippen LogP) is 2.58. The van der Waals surface area contributed by atoms with Gasteiger partial charge in [0.05, 0.1) is 5.25 Å². The minimum atomic E-state index is -0.0714. The standard InChI is InChI=1S/C14H22N2OS/c1-4-12-7-5-6-10(2)13(12)16-14(17)11(3)18-9-8-15/h5-7,11H,4,8-9,15H2,1-3H3,(H,16,17). The monoisotopic (exact) mass is 266 g/mol. The number of para-hydroxylation sites is 1. The first-order valence-electron chi connectivity index (χ1n) is 6.31. The zero-order valence-electron chi connectivity index (χ0n) is 11.3. The van der Waals surface area contributed by atoms with Crippen molar-refractivity contribution >= 4 is 23.4 Å². The van der Waals surface area contributed by atoms with Crippen LogP contribution in [-0.2, 0) is 11.2 Å². The predicted molar refractivity (Wildman–Crippen MR) is 80.2 cm³/mol. The van der Waals surface area contributed by atoms with E-state index in [0.717, 1.165) is 23.4 Å². The molecule has 1 aromatic carbocycles. The molecule has 0 aliphatic rings. The van der Waals surface area contributed by atoms with Crippen LogP contribution in [0.1, 0.15) is 25.0 Å². The average molecular weight is 266 g/mol. The van der Waals surface area contributed by atoms with E-state index in [9.17, 15) is 4.79 Å². The number of nitrogens with one attached hydrogen (secondary N) is 1. The Bertz CT molecular complexity index is 407. The van der Waals surface area contributed by atoms with Crippen LogP contribution in [0.15, 0.2) is 18.2 Å². The molecule has 1 aromatic rings. The summed E-state index contributed by atoms with van der Waals surface area (Å²) in [7, 11) is 0. The lowest BCUT2D eigenvalue weighted by molar-refractivity contribution is -0.115. The molecule has 0 fully saturated rings. The largest absolute Gasteiger partial charge is 0.330 e. The van der Waals surface area contributed by atoms with E-state index in [1.54, 1.807) is 11.8 Å². The lowest BCUT2D eigenvalue weighted by Crippen LogP contribution is -2.24. The average Bonchev–Trinajstić information content (AvgIpc) is 2.38. The fraction of sp³-hybridized carbons (Fsp3) is 0.500. The van der Waals surface area contributed by atoms with E-state index in [-0.39, 0.29) is 11.2 Å². The Morgan fingerprint density at radius 3 is 2.83 bits per heavy atom. The van der Waals surface area contributed by atoms with Gasteiger partial charge in [0.1, 0.15) is 0 Å². The van der Waals surface area contributed by atoms with Gasteiger partial charge in [-0.3, -0.25) is 4.79 Å². The van der Waals surface area contributed by atoms with E-state index >= 15 is 0 Å². The fourth-order valence-electron chi connectivity index (χ4n) is 1.75. The Morgan fingerprint density at radius 1 is 1.50 bits per heavy atom. The lowest BCUT2D eigenvalue weighted by atomic mass is 10.1. The van der Waals surface area contributed by atoms with Crippen LogP contribution in [0, 0.1) is 6.92 Å². The highest BCUT2D eigenvalue weighted by Crippen LogP contribution is 2.22. The third kappa shape index (κ3) is 4.03. The first kappa shape index (κ1) is 15.1. The van der Waals surface area contributed by atoms with Gasteiger partial charge in [-0.05, 0) is 31.4 Å². The van der Waals surface area contributed by atoms with Crippen LogP contribution in [0.25, 0.3) is 0 Å². The van der Waals surface area contributed by atoms with Gasteiger partial charge in [0.15, 0.2) is 0 Å². The van der Waals surface area contributed by atoms with Crippen molar-refractivity contribution in [3.05, 3.63) is 29.3 Å². The Labute approximate surface area is 114 Å². The van der Waals surface area contributed by atoms with E-state index in [1.165, 1.54) is 5.56 Å². The number of nitrogens with two attached hydrogens (primary N) is 1. The Hall–Kier alpha value is -1.000. The highest BCUT2D eigenvalue weighted by atomic mass is 32.2. The Balaban J connectivity index is 2.75. The highest BCUT2D eigenvalue weighted by Gasteiger charge is 2.15. The Morgan fingerprint density at radius 2 is 2.22 bits per heavy atom. The number of amides is 1. The van der Waals surface area contributed by atoms with Crippen LogP contribution in [-0.4, -0.2) is 23.5 Å². The summed E-state index contributed by atoms with van der Waals surface area (Å²) >= 11 is 1.59. The van der Waals surface area contributed by atoms with E-state index < -0.39 is 0 Å². The molecule has 18 heavy (non-hydrogen) atoms. The van der Waals surface area contributed by atoms with Gasteiger partial charge in [0, 0.05) is 18.0 Å². The maximum absolute atomic E-state index is 12.1. The maximum Gasteiger partial charge on any atom is 0.237 e. The second kappa shape index (κ2) is 7.44. The summed E-state index contributed by atoms with van der Waals surface area (Å²) in [5, 5.41) is 2.97. The van der Waals surface area contributed by atoms with Gasteiger partial charge in [0.25, 0.3) is 0 Å². The van der Waals surface area contributed by atoms with Crippen molar-refractivity contribution in [3.8, 4) is 0 Å². The molecule has 0 spiro atoms. The van der Waals surface area contributed by atoms with Gasteiger partial charge in [-0.25, -0.2) is 0 Å². The molecular weight excluding hydrogens is 244 g/mol. The van der Waals surface area contributed by atoms with Crippen molar-refractivity contribution in [2.45, 2.75) is 32.4 Å². The number of rotatable bonds is 6. The topological polar surface area (TPSA) is 55.1 Å². The molecule has 1 atom stereocenters. The van der Waals surface area contributed by atoms with Crippen LogP contribution in [0.4, 0.5) is 5.69 Å². The minimum Gasteiger partial charge on any atom is -0.330 e. The molecule has 0 aliphatic heterocycles. The molecule has 3 nitrogen and oxygen atoms in total. The third-order valence-electron chi connectivity index (χ3n) is 2.84. The molecular formula is C14H22N2OS. The molecule has 0 aliphatic carbocycles.